The lowest BCUT2D eigenvalue weighted by atomic mass is 10.1. The Morgan fingerprint density at radius 2 is 1.77 bits per heavy atom. The number of nitrogens with one attached hydrogen (secondary N) is 1. The molecule has 3 aromatic carbocycles. The van der Waals surface area contributed by atoms with Gasteiger partial charge in [0.1, 0.15) is 16.6 Å². The van der Waals surface area contributed by atoms with Gasteiger partial charge in [0, 0.05) is 22.4 Å². The number of carbonyl (C=O) groups is 1. The van der Waals surface area contributed by atoms with Gasteiger partial charge in [-0.3, -0.25) is 4.79 Å². The summed E-state index contributed by atoms with van der Waals surface area (Å²) in [5, 5.41) is 4.42. The number of halogens is 1. The van der Waals surface area contributed by atoms with Gasteiger partial charge in [0.15, 0.2) is 0 Å². The summed E-state index contributed by atoms with van der Waals surface area (Å²) in [5.74, 6) is 0.243. The Kier molecular flexibility index (Phi) is 5.95. The monoisotopic (exact) mass is 418 g/mol. The summed E-state index contributed by atoms with van der Waals surface area (Å²) in [7, 11) is 1.61. The number of carbonyl (C=O) groups excluding carboxylic acids is 1. The average Bonchev–Trinajstić information content (AvgIpc) is 2.78. The molecule has 0 aliphatic carbocycles. The van der Waals surface area contributed by atoms with Gasteiger partial charge in [-0.1, -0.05) is 48.2 Å². The number of amides is 1. The highest BCUT2D eigenvalue weighted by molar-refractivity contribution is 7.99. The lowest BCUT2D eigenvalue weighted by Gasteiger charge is -2.12. The highest BCUT2D eigenvalue weighted by atomic mass is 32.2. The lowest BCUT2D eigenvalue weighted by molar-refractivity contribution is 0.0952. The first-order valence-corrected chi connectivity index (χ1v) is 10.2. The van der Waals surface area contributed by atoms with Crippen LogP contribution in [-0.2, 0) is 6.54 Å². The maximum atomic E-state index is 13.2. The van der Waals surface area contributed by atoms with Crippen molar-refractivity contribution in [1.29, 1.82) is 0 Å². The van der Waals surface area contributed by atoms with Gasteiger partial charge in [0.25, 0.3) is 5.91 Å². The Morgan fingerprint density at radius 3 is 2.57 bits per heavy atom. The van der Waals surface area contributed by atoms with E-state index in [0.29, 0.717) is 17.1 Å². The van der Waals surface area contributed by atoms with E-state index in [9.17, 15) is 9.18 Å². The topological polar surface area (TPSA) is 51.2 Å². The highest BCUT2D eigenvalue weighted by Crippen LogP contribution is 2.30. The van der Waals surface area contributed by atoms with Crippen LogP contribution in [0.1, 0.15) is 15.9 Å². The standard InChI is InChI=1S/C24H19FN2O2S/c1-29-22-9-5-2-6-16(22)15-26-24(28)20-14-23(27-21-8-4-3-7-19(20)21)30-18-12-10-17(25)11-13-18/h2-14H,15H2,1H3,(H,26,28). The van der Waals surface area contributed by atoms with Crippen molar-refractivity contribution < 1.29 is 13.9 Å². The minimum Gasteiger partial charge on any atom is -0.496 e. The van der Waals surface area contributed by atoms with Crippen LogP contribution in [0.15, 0.2) is 88.8 Å². The van der Waals surface area contributed by atoms with Crippen LogP contribution in [-0.4, -0.2) is 18.0 Å². The Morgan fingerprint density at radius 1 is 1.03 bits per heavy atom. The van der Waals surface area contributed by atoms with E-state index in [2.05, 4.69) is 10.3 Å². The van der Waals surface area contributed by atoms with Crippen molar-refractivity contribution in [3.63, 3.8) is 0 Å². The Labute approximate surface area is 178 Å². The molecule has 1 amide bonds. The maximum Gasteiger partial charge on any atom is 0.252 e. The summed E-state index contributed by atoms with van der Waals surface area (Å²) in [6.07, 6.45) is 0. The zero-order valence-electron chi connectivity index (χ0n) is 16.3. The van der Waals surface area contributed by atoms with Crippen molar-refractivity contribution in [2.75, 3.05) is 7.11 Å². The lowest BCUT2D eigenvalue weighted by Crippen LogP contribution is -2.23. The number of para-hydroxylation sites is 2. The fraction of sp³-hybridized carbons (Fsp3) is 0.0833. The second kappa shape index (κ2) is 8.97. The molecule has 0 radical (unpaired) electrons. The second-order valence-electron chi connectivity index (χ2n) is 6.58. The number of ether oxygens (including phenoxy) is 1. The molecular formula is C24H19FN2O2S. The van der Waals surface area contributed by atoms with E-state index < -0.39 is 0 Å². The zero-order valence-corrected chi connectivity index (χ0v) is 17.1. The molecule has 1 N–H and O–H groups in total. The number of nitrogens with zero attached hydrogens (tertiary/aromatic N) is 1. The first-order valence-electron chi connectivity index (χ1n) is 9.37. The minimum atomic E-state index is -0.290. The van der Waals surface area contributed by atoms with Gasteiger partial charge in [-0.2, -0.15) is 0 Å². The van der Waals surface area contributed by atoms with E-state index >= 15 is 0 Å². The van der Waals surface area contributed by atoms with Crippen LogP contribution in [0.25, 0.3) is 10.9 Å². The summed E-state index contributed by atoms with van der Waals surface area (Å²) in [5.41, 5.74) is 2.17. The van der Waals surface area contributed by atoms with Crippen molar-refractivity contribution >= 4 is 28.6 Å². The molecule has 150 valence electrons. The van der Waals surface area contributed by atoms with Crippen molar-refractivity contribution in [3.8, 4) is 5.75 Å². The van der Waals surface area contributed by atoms with Crippen LogP contribution < -0.4 is 10.1 Å². The molecule has 0 bridgehead atoms. The fourth-order valence-electron chi connectivity index (χ4n) is 3.13. The van der Waals surface area contributed by atoms with Gasteiger partial charge >= 0.3 is 0 Å². The van der Waals surface area contributed by atoms with Gasteiger partial charge in [-0.05, 0) is 42.5 Å². The molecule has 0 aliphatic heterocycles. The van der Waals surface area contributed by atoms with E-state index in [-0.39, 0.29) is 11.7 Å². The smallest absolute Gasteiger partial charge is 0.252 e. The summed E-state index contributed by atoms with van der Waals surface area (Å²) in [6.45, 7) is 0.347. The normalized spacial score (nSPS) is 10.7. The van der Waals surface area contributed by atoms with Crippen LogP contribution in [0.2, 0.25) is 0 Å². The van der Waals surface area contributed by atoms with E-state index in [0.717, 1.165) is 27.1 Å². The third-order valence-corrected chi connectivity index (χ3v) is 5.53. The molecule has 4 rings (SSSR count). The van der Waals surface area contributed by atoms with Gasteiger partial charge in [0.05, 0.1) is 18.2 Å². The van der Waals surface area contributed by atoms with Crippen molar-refractivity contribution in [2.45, 2.75) is 16.5 Å². The molecule has 6 heteroatoms. The van der Waals surface area contributed by atoms with Crippen LogP contribution in [0, 0.1) is 5.82 Å². The molecule has 0 unspecified atom stereocenters. The summed E-state index contributed by atoms with van der Waals surface area (Å²) in [4.78, 5) is 18.5. The second-order valence-corrected chi connectivity index (χ2v) is 7.67. The molecule has 30 heavy (non-hydrogen) atoms. The number of methoxy groups -OCH3 is 1. The number of benzene rings is 3. The summed E-state index contributed by atoms with van der Waals surface area (Å²) in [6, 6.07) is 23.1. The molecular weight excluding hydrogens is 399 g/mol. The average molecular weight is 418 g/mol. The number of hydrogen-bond donors (Lipinski definition) is 1. The highest BCUT2D eigenvalue weighted by Gasteiger charge is 2.14. The number of aromatic nitrogens is 1. The minimum absolute atomic E-state index is 0.194. The predicted molar refractivity (Wildman–Crippen MR) is 116 cm³/mol. The molecule has 4 nitrogen and oxygen atoms in total. The molecule has 0 saturated heterocycles. The van der Waals surface area contributed by atoms with Gasteiger partial charge in [-0.15, -0.1) is 0 Å². The maximum absolute atomic E-state index is 13.2. The largest absolute Gasteiger partial charge is 0.496 e. The van der Waals surface area contributed by atoms with Crippen molar-refractivity contribution in [2.24, 2.45) is 0 Å². The SMILES string of the molecule is COc1ccccc1CNC(=O)c1cc(Sc2ccc(F)cc2)nc2ccccc12. The molecule has 0 aliphatic rings. The third-order valence-electron chi connectivity index (χ3n) is 4.61. The molecule has 0 spiro atoms. The van der Waals surface area contributed by atoms with Crippen molar-refractivity contribution in [3.05, 3.63) is 95.8 Å². The molecule has 0 atom stereocenters. The van der Waals surface area contributed by atoms with E-state index in [1.54, 1.807) is 25.3 Å². The molecule has 1 heterocycles. The van der Waals surface area contributed by atoms with Crippen LogP contribution >= 0.6 is 11.8 Å². The first kappa shape index (κ1) is 19.9. The van der Waals surface area contributed by atoms with Crippen molar-refractivity contribution in [1.82, 2.24) is 10.3 Å². The number of hydrogen-bond acceptors (Lipinski definition) is 4. The van der Waals surface area contributed by atoms with E-state index in [4.69, 9.17) is 4.74 Å². The predicted octanol–water partition coefficient (Wildman–Crippen LogP) is 5.46. The first-order chi connectivity index (χ1) is 14.6. The van der Waals surface area contributed by atoms with Gasteiger partial charge in [0.2, 0.25) is 0 Å². The van der Waals surface area contributed by atoms with Crippen LogP contribution in [0.3, 0.4) is 0 Å². The Balaban J connectivity index is 1.63. The quantitative estimate of drug-likeness (QED) is 0.452. The molecule has 0 saturated carbocycles. The van der Waals surface area contributed by atoms with E-state index in [1.807, 2.05) is 48.5 Å². The Bertz CT molecular complexity index is 1200. The zero-order chi connectivity index (χ0) is 20.9. The molecule has 0 fully saturated rings. The van der Waals surface area contributed by atoms with Crippen LogP contribution in [0.5, 0.6) is 5.75 Å². The van der Waals surface area contributed by atoms with Gasteiger partial charge < -0.3 is 10.1 Å². The van der Waals surface area contributed by atoms with Crippen LogP contribution in [0.4, 0.5) is 4.39 Å². The van der Waals surface area contributed by atoms with Gasteiger partial charge in [-0.25, -0.2) is 9.37 Å². The third kappa shape index (κ3) is 4.44. The Hall–Kier alpha value is -3.38. The molecule has 1 aromatic heterocycles. The number of rotatable bonds is 6. The fourth-order valence-corrected chi connectivity index (χ4v) is 3.97. The van der Waals surface area contributed by atoms with E-state index in [1.165, 1.54) is 23.9 Å². The summed E-state index contributed by atoms with van der Waals surface area (Å²) < 4.78 is 18.6. The summed E-state index contributed by atoms with van der Waals surface area (Å²) >= 11 is 1.39. The number of fused-ring (bicyclic) bond motifs is 1. The number of pyridine rings is 1. The molecule has 4 aromatic rings.